The van der Waals surface area contributed by atoms with Gasteiger partial charge in [0, 0.05) is 11.8 Å². The Labute approximate surface area is 140 Å². The van der Waals surface area contributed by atoms with Crippen molar-refractivity contribution in [2.24, 2.45) is 0 Å². The number of phenolic OH excluding ortho intramolecular Hbond substituents is 1. The van der Waals surface area contributed by atoms with Crippen LogP contribution in [-0.4, -0.2) is 5.11 Å². The number of rotatable bonds is 6. The minimum atomic E-state index is -3.77. The Kier molecular flexibility index (Phi) is 4.73. The van der Waals surface area contributed by atoms with E-state index in [0.29, 0.717) is 17.2 Å². The molecule has 3 aromatic rings. The van der Waals surface area contributed by atoms with Crippen LogP contribution < -0.4 is 14.1 Å². The summed E-state index contributed by atoms with van der Waals surface area (Å²) < 4.78 is 24.4. The second kappa shape index (κ2) is 7.11. The number of nitrogens with one attached hydrogen (secondary N) is 1. The van der Waals surface area contributed by atoms with E-state index in [2.05, 4.69) is 5.09 Å². The molecular formula is C18H16NO4P. The van der Waals surface area contributed by atoms with Crippen molar-refractivity contribution in [3.8, 4) is 17.2 Å². The van der Waals surface area contributed by atoms with E-state index in [9.17, 15) is 9.67 Å². The summed E-state index contributed by atoms with van der Waals surface area (Å²) in [6.07, 6.45) is 0. The molecule has 3 rings (SSSR count). The summed E-state index contributed by atoms with van der Waals surface area (Å²) in [5.74, 6) is 0.861. The first-order chi connectivity index (χ1) is 11.6. The van der Waals surface area contributed by atoms with Crippen molar-refractivity contribution in [1.29, 1.82) is 0 Å². The van der Waals surface area contributed by atoms with Gasteiger partial charge in [-0.2, -0.15) is 0 Å². The van der Waals surface area contributed by atoms with Gasteiger partial charge in [0.2, 0.25) is 0 Å². The highest BCUT2D eigenvalue weighted by Gasteiger charge is 2.29. The van der Waals surface area contributed by atoms with Crippen LogP contribution in [0.2, 0.25) is 0 Å². The van der Waals surface area contributed by atoms with Gasteiger partial charge in [0.15, 0.2) is 0 Å². The maximum Gasteiger partial charge on any atom is 0.541 e. The molecule has 0 spiro atoms. The van der Waals surface area contributed by atoms with E-state index >= 15 is 0 Å². The van der Waals surface area contributed by atoms with E-state index in [1.165, 1.54) is 12.1 Å². The van der Waals surface area contributed by atoms with Gasteiger partial charge in [-0.05, 0) is 36.4 Å². The maximum absolute atomic E-state index is 13.2. The Balaban J connectivity index is 1.89. The summed E-state index contributed by atoms with van der Waals surface area (Å²) in [5, 5.41) is 12.3. The molecule has 0 bridgehead atoms. The van der Waals surface area contributed by atoms with E-state index in [1.54, 1.807) is 60.7 Å². The zero-order valence-corrected chi connectivity index (χ0v) is 13.6. The molecule has 0 aliphatic heterocycles. The van der Waals surface area contributed by atoms with Crippen LogP contribution in [0.5, 0.6) is 17.2 Å². The number of aromatic hydroxyl groups is 1. The summed E-state index contributed by atoms with van der Waals surface area (Å²) in [6.45, 7) is 0. The molecule has 6 heteroatoms. The molecule has 0 atom stereocenters. The first-order valence-corrected chi connectivity index (χ1v) is 8.84. The molecule has 0 amide bonds. The molecule has 0 aromatic heterocycles. The van der Waals surface area contributed by atoms with Crippen LogP contribution in [0.4, 0.5) is 5.69 Å². The molecule has 0 fully saturated rings. The third-order valence-corrected chi connectivity index (χ3v) is 4.48. The fraction of sp³-hybridized carbons (Fsp3) is 0. The van der Waals surface area contributed by atoms with Gasteiger partial charge in [-0.3, -0.25) is 5.09 Å². The molecule has 122 valence electrons. The lowest BCUT2D eigenvalue weighted by Gasteiger charge is -2.21. The zero-order valence-electron chi connectivity index (χ0n) is 12.7. The molecular weight excluding hydrogens is 325 g/mol. The van der Waals surface area contributed by atoms with Gasteiger partial charge < -0.3 is 14.2 Å². The van der Waals surface area contributed by atoms with E-state index in [4.69, 9.17) is 9.05 Å². The molecule has 24 heavy (non-hydrogen) atoms. The van der Waals surface area contributed by atoms with Crippen molar-refractivity contribution in [3.05, 3.63) is 84.9 Å². The molecule has 0 aliphatic rings. The van der Waals surface area contributed by atoms with Crippen molar-refractivity contribution in [2.75, 3.05) is 5.09 Å². The lowest BCUT2D eigenvalue weighted by Crippen LogP contribution is -2.09. The minimum Gasteiger partial charge on any atom is -0.508 e. The summed E-state index contributed by atoms with van der Waals surface area (Å²) in [5.41, 5.74) is 0.421. The van der Waals surface area contributed by atoms with Crippen molar-refractivity contribution in [1.82, 2.24) is 0 Å². The monoisotopic (exact) mass is 341 g/mol. The number of benzene rings is 3. The van der Waals surface area contributed by atoms with Crippen molar-refractivity contribution in [2.45, 2.75) is 0 Å². The van der Waals surface area contributed by atoms with Crippen molar-refractivity contribution >= 4 is 13.4 Å². The highest BCUT2D eigenvalue weighted by Crippen LogP contribution is 2.48. The molecule has 0 unspecified atom stereocenters. The van der Waals surface area contributed by atoms with Crippen LogP contribution >= 0.6 is 7.75 Å². The highest BCUT2D eigenvalue weighted by molar-refractivity contribution is 7.56. The Morgan fingerprint density at radius 3 is 1.79 bits per heavy atom. The van der Waals surface area contributed by atoms with E-state index < -0.39 is 7.75 Å². The fourth-order valence-electron chi connectivity index (χ4n) is 2.04. The second-order valence-electron chi connectivity index (χ2n) is 4.97. The average molecular weight is 341 g/mol. The highest BCUT2D eigenvalue weighted by atomic mass is 31.2. The third-order valence-electron chi connectivity index (χ3n) is 3.05. The van der Waals surface area contributed by atoms with Crippen LogP contribution in [0.3, 0.4) is 0 Å². The Morgan fingerprint density at radius 1 is 0.750 bits per heavy atom. The van der Waals surface area contributed by atoms with Gasteiger partial charge in [0.25, 0.3) is 0 Å². The minimum absolute atomic E-state index is 0.0472. The second-order valence-corrected chi connectivity index (χ2v) is 6.55. The van der Waals surface area contributed by atoms with Crippen LogP contribution in [0, 0.1) is 0 Å². The van der Waals surface area contributed by atoms with Crippen LogP contribution in [0.25, 0.3) is 0 Å². The first kappa shape index (κ1) is 16.0. The number of hydrogen-bond donors (Lipinski definition) is 2. The summed E-state index contributed by atoms with van der Waals surface area (Å²) in [4.78, 5) is 0. The van der Waals surface area contributed by atoms with Gasteiger partial charge in [0.05, 0.1) is 0 Å². The van der Waals surface area contributed by atoms with Crippen LogP contribution in [0.1, 0.15) is 0 Å². The van der Waals surface area contributed by atoms with E-state index in [1.807, 2.05) is 12.1 Å². The zero-order chi connectivity index (χ0) is 16.8. The largest absolute Gasteiger partial charge is 0.541 e. The molecule has 0 aliphatic carbocycles. The van der Waals surface area contributed by atoms with Gasteiger partial charge >= 0.3 is 7.75 Å². The smallest absolute Gasteiger partial charge is 0.508 e. The molecule has 0 radical (unpaired) electrons. The van der Waals surface area contributed by atoms with Crippen LogP contribution in [0.15, 0.2) is 84.9 Å². The third kappa shape index (κ3) is 4.31. The van der Waals surface area contributed by atoms with Crippen molar-refractivity contribution in [3.63, 3.8) is 0 Å². The Morgan fingerprint density at radius 2 is 1.29 bits per heavy atom. The number of anilines is 1. The summed E-state index contributed by atoms with van der Waals surface area (Å²) in [6, 6.07) is 23.8. The number of para-hydroxylation sites is 2. The van der Waals surface area contributed by atoms with Gasteiger partial charge in [-0.25, -0.2) is 4.57 Å². The maximum atomic E-state index is 13.2. The molecule has 3 aromatic carbocycles. The fourth-order valence-corrected chi connectivity index (χ4v) is 3.42. The number of hydrogen-bond acceptors (Lipinski definition) is 4. The normalized spacial score (nSPS) is 10.8. The summed E-state index contributed by atoms with van der Waals surface area (Å²) in [7, 11) is -3.77. The van der Waals surface area contributed by atoms with Gasteiger partial charge in [-0.15, -0.1) is 0 Å². The predicted octanol–water partition coefficient (Wildman–Crippen LogP) is 5.07. The standard InChI is InChI=1S/C18H16NO4P/c20-16-9-7-8-15(14-16)19-24(21,22-17-10-3-1-4-11-17)23-18-12-5-2-6-13-18/h1-14,20H,(H,19,21). The molecule has 0 saturated heterocycles. The van der Waals surface area contributed by atoms with Crippen LogP contribution in [-0.2, 0) is 4.57 Å². The van der Waals surface area contributed by atoms with Gasteiger partial charge in [0.1, 0.15) is 17.2 Å². The van der Waals surface area contributed by atoms with Gasteiger partial charge in [-0.1, -0.05) is 42.5 Å². The molecule has 0 heterocycles. The first-order valence-electron chi connectivity index (χ1n) is 7.30. The summed E-state index contributed by atoms with van der Waals surface area (Å²) >= 11 is 0. The molecule has 0 saturated carbocycles. The predicted molar refractivity (Wildman–Crippen MR) is 93.5 cm³/mol. The number of phenols is 1. The van der Waals surface area contributed by atoms with E-state index in [-0.39, 0.29) is 5.75 Å². The lowest BCUT2D eigenvalue weighted by molar-refractivity contribution is 0.393. The SMILES string of the molecule is O=P(Nc1cccc(O)c1)(Oc1ccccc1)Oc1ccccc1. The quantitative estimate of drug-likeness (QED) is 0.613. The molecule has 5 nitrogen and oxygen atoms in total. The van der Waals surface area contributed by atoms with E-state index in [0.717, 1.165) is 0 Å². The molecule has 2 N–H and O–H groups in total. The Hall–Kier alpha value is -2.91. The van der Waals surface area contributed by atoms with Crippen molar-refractivity contribution < 1.29 is 18.7 Å². The Bertz CT molecular complexity index is 794. The average Bonchev–Trinajstić information content (AvgIpc) is 2.56. The lowest BCUT2D eigenvalue weighted by atomic mass is 10.3. The topological polar surface area (TPSA) is 67.8 Å².